The molecule has 3 heteroatoms. The van der Waals surface area contributed by atoms with Gasteiger partial charge in [0.15, 0.2) is 0 Å². The van der Waals surface area contributed by atoms with Crippen LogP contribution in [0.2, 0.25) is 0 Å². The average molecular weight is 477 g/mol. The van der Waals surface area contributed by atoms with Gasteiger partial charge in [0.2, 0.25) is 0 Å². The summed E-state index contributed by atoms with van der Waals surface area (Å²) in [6.07, 6.45) is 2.03. The van der Waals surface area contributed by atoms with Crippen molar-refractivity contribution in [2.24, 2.45) is 0 Å². The molecule has 0 bridgehead atoms. The van der Waals surface area contributed by atoms with Gasteiger partial charge in [-0.3, -0.25) is 4.98 Å². The minimum Gasteiger partial charge on any atom is -0.309 e. The van der Waals surface area contributed by atoms with E-state index in [4.69, 9.17) is 4.98 Å². The highest BCUT2D eigenvalue weighted by atomic mass is 32.1. The van der Waals surface area contributed by atoms with Gasteiger partial charge in [0.05, 0.1) is 21.3 Å². The average Bonchev–Trinajstić information content (AvgIpc) is 3.49. The van der Waals surface area contributed by atoms with Crippen molar-refractivity contribution in [2.75, 3.05) is 0 Å². The third-order valence-corrected chi connectivity index (χ3v) is 8.33. The molecule has 168 valence electrons. The van der Waals surface area contributed by atoms with Crippen molar-refractivity contribution in [1.82, 2.24) is 9.55 Å². The number of para-hydroxylation sites is 2. The van der Waals surface area contributed by atoms with Gasteiger partial charge in [-0.05, 0) is 47.5 Å². The second kappa shape index (κ2) is 7.51. The van der Waals surface area contributed by atoms with Crippen molar-refractivity contribution < 1.29 is 0 Å². The van der Waals surface area contributed by atoms with Crippen LogP contribution in [0.3, 0.4) is 0 Å². The number of benzene rings is 5. The van der Waals surface area contributed by atoms with Crippen LogP contribution in [0.25, 0.3) is 69.7 Å². The molecule has 0 aliphatic carbocycles. The zero-order valence-electron chi connectivity index (χ0n) is 19.3. The second-order valence-electron chi connectivity index (χ2n) is 9.25. The van der Waals surface area contributed by atoms with Gasteiger partial charge >= 0.3 is 0 Å². The Bertz CT molecular complexity index is 2060. The molecule has 0 spiro atoms. The van der Waals surface area contributed by atoms with Gasteiger partial charge in [0.25, 0.3) is 0 Å². The first-order valence-electron chi connectivity index (χ1n) is 12.1. The molecule has 36 heavy (non-hydrogen) atoms. The lowest BCUT2D eigenvalue weighted by atomic mass is 10.0. The van der Waals surface area contributed by atoms with Gasteiger partial charge in [-0.25, -0.2) is 0 Å². The number of aromatic nitrogens is 2. The number of nitrogens with zero attached hydrogens (tertiary/aromatic N) is 2. The normalized spacial score (nSPS) is 11.9. The van der Waals surface area contributed by atoms with E-state index >= 15 is 0 Å². The highest BCUT2D eigenvalue weighted by molar-refractivity contribution is 7.26. The summed E-state index contributed by atoms with van der Waals surface area (Å²) in [5, 5.41) is 6.39. The lowest BCUT2D eigenvalue weighted by Crippen LogP contribution is -1.94. The Morgan fingerprint density at radius 3 is 2.03 bits per heavy atom. The molecule has 3 aromatic heterocycles. The van der Waals surface area contributed by atoms with Gasteiger partial charge in [-0.2, -0.15) is 0 Å². The van der Waals surface area contributed by atoms with Crippen molar-refractivity contribution in [3.05, 3.63) is 121 Å². The lowest BCUT2D eigenvalue weighted by Gasteiger charge is -2.11. The molecule has 0 aliphatic heterocycles. The summed E-state index contributed by atoms with van der Waals surface area (Å²) in [6, 6.07) is 41.5. The van der Waals surface area contributed by atoms with Crippen LogP contribution >= 0.6 is 11.3 Å². The lowest BCUT2D eigenvalue weighted by molar-refractivity contribution is 1.18. The van der Waals surface area contributed by atoms with Crippen molar-refractivity contribution in [3.8, 4) is 16.8 Å². The molecule has 0 radical (unpaired) electrons. The highest BCUT2D eigenvalue weighted by Gasteiger charge is 2.13. The molecule has 3 heterocycles. The van der Waals surface area contributed by atoms with Crippen molar-refractivity contribution in [2.45, 2.75) is 0 Å². The summed E-state index contributed by atoms with van der Waals surface area (Å²) >= 11 is 1.81. The maximum absolute atomic E-state index is 4.85. The minimum atomic E-state index is 1.03. The zero-order valence-corrected chi connectivity index (χ0v) is 20.2. The Balaban J connectivity index is 1.32. The molecule has 0 aliphatic rings. The van der Waals surface area contributed by atoms with Crippen LogP contribution in [0.15, 0.2) is 121 Å². The van der Waals surface area contributed by atoms with Crippen LogP contribution in [-0.4, -0.2) is 9.55 Å². The molecule has 5 aromatic carbocycles. The van der Waals surface area contributed by atoms with Gasteiger partial charge < -0.3 is 4.57 Å². The topological polar surface area (TPSA) is 17.8 Å². The summed E-state index contributed by atoms with van der Waals surface area (Å²) in [5.41, 5.74) is 7.01. The largest absolute Gasteiger partial charge is 0.309 e. The molecular weight excluding hydrogens is 456 g/mol. The number of rotatable bonds is 2. The number of hydrogen-bond acceptors (Lipinski definition) is 2. The Hall–Kier alpha value is -4.47. The van der Waals surface area contributed by atoms with E-state index in [1.165, 1.54) is 58.5 Å². The van der Waals surface area contributed by atoms with Crippen molar-refractivity contribution in [1.29, 1.82) is 0 Å². The quantitative estimate of drug-likeness (QED) is 0.243. The van der Waals surface area contributed by atoms with Crippen LogP contribution < -0.4 is 0 Å². The molecule has 0 saturated heterocycles. The Morgan fingerprint density at radius 2 is 1.22 bits per heavy atom. The third kappa shape index (κ3) is 2.81. The fourth-order valence-corrected chi connectivity index (χ4v) is 6.71. The molecular formula is C33H20N2S. The van der Waals surface area contributed by atoms with E-state index in [9.17, 15) is 0 Å². The van der Waals surface area contributed by atoms with Gasteiger partial charge in [-0.15, -0.1) is 11.3 Å². The fourth-order valence-electron chi connectivity index (χ4n) is 5.62. The molecule has 0 saturated carbocycles. The van der Waals surface area contributed by atoms with Gasteiger partial charge in [0, 0.05) is 43.5 Å². The van der Waals surface area contributed by atoms with Gasteiger partial charge in [-0.1, -0.05) is 78.9 Å². The SMILES string of the molecule is c1cc(-c2ccc3c(c2)ncc2sc4ccccc4c23)cc(-n2c3ccccc3c3ccccc32)c1. The first-order chi connectivity index (χ1) is 17.8. The van der Waals surface area contributed by atoms with Crippen molar-refractivity contribution in [3.63, 3.8) is 0 Å². The Kier molecular flexibility index (Phi) is 4.13. The maximum atomic E-state index is 4.85. The number of pyridine rings is 1. The third-order valence-electron chi connectivity index (χ3n) is 7.23. The Morgan fingerprint density at radius 1 is 0.528 bits per heavy atom. The van der Waals surface area contributed by atoms with Crippen LogP contribution in [-0.2, 0) is 0 Å². The summed E-state index contributed by atoms with van der Waals surface area (Å²) in [6.45, 7) is 0. The van der Waals surface area contributed by atoms with E-state index in [1.54, 1.807) is 0 Å². The minimum absolute atomic E-state index is 1.03. The fraction of sp³-hybridized carbons (Fsp3) is 0. The van der Waals surface area contributed by atoms with E-state index in [0.29, 0.717) is 0 Å². The van der Waals surface area contributed by atoms with Crippen LogP contribution in [0, 0.1) is 0 Å². The maximum Gasteiger partial charge on any atom is 0.0715 e. The smallest absolute Gasteiger partial charge is 0.0715 e. The molecule has 0 fully saturated rings. The standard InChI is InChI=1S/C33H20N2S/c1-4-13-29-24(10-1)25-11-2-5-14-30(25)35(29)23-9-7-8-21(18-23)22-16-17-26-28(19-22)34-20-32-33(26)27-12-3-6-15-31(27)36-32/h1-20H. The number of fused-ring (bicyclic) bond motifs is 8. The number of thiophene rings is 1. The van der Waals surface area contributed by atoms with E-state index in [2.05, 4.69) is 120 Å². The van der Waals surface area contributed by atoms with Gasteiger partial charge in [0.1, 0.15) is 0 Å². The summed E-state index contributed by atoms with van der Waals surface area (Å²) in [7, 11) is 0. The monoisotopic (exact) mass is 476 g/mol. The van der Waals surface area contributed by atoms with E-state index in [-0.39, 0.29) is 0 Å². The zero-order chi connectivity index (χ0) is 23.6. The van der Waals surface area contributed by atoms with Crippen LogP contribution in [0.5, 0.6) is 0 Å². The molecule has 0 atom stereocenters. The molecule has 8 rings (SSSR count). The first-order valence-corrected chi connectivity index (χ1v) is 13.0. The molecule has 2 nitrogen and oxygen atoms in total. The summed E-state index contributed by atoms with van der Waals surface area (Å²) in [5.74, 6) is 0. The molecule has 8 aromatic rings. The second-order valence-corrected chi connectivity index (χ2v) is 10.3. The predicted octanol–water partition coefficient (Wildman–Crippen LogP) is 9.37. The van der Waals surface area contributed by atoms with E-state index in [1.807, 2.05) is 17.5 Å². The molecule has 0 N–H and O–H groups in total. The number of hydrogen-bond donors (Lipinski definition) is 0. The van der Waals surface area contributed by atoms with Crippen LogP contribution in [0.4, 0.5) is 0 Å². The van der Waals surface area contributed by atoms with E-state index in [0.717, 1.165) is 11.2 Å². The Labute approximate surface area is 211 Å². The summed E-state index contributed by atoms with van der Waals surface area (Å²) in [4.78, 5) is 4.85. The van der Waals surface area contributed by atoms with E-state index < -0.39 is 0 Å². The first kappa shape index (κ1) is 19.8. The molecule has 0 unspecified atom stereocenters. The summed E-state index contributed by atoms with van der Waals surface area (Å²) < 4.78 is 4.92. The van der Waals surface area contributed by atoms with Crippen LogP contribution in [0.1, 0.15) is 0 Å². The predicted molar refractivity (Wildman–Crippen MR) is 154 cm³/mol. The highest BCUT2D eigenvalue weighted by Crippen LogP contribution is 2.39. The van der Waals surface area contributed by atoms with Crippen molar-refractivity contribution >= 4 is 64.2 Å². The molecule has 0 amide bonds.